The zero-order chi connectivity index (χ0) is 16.3. The molecule has 0 spiro atoms. The molecule has 0 atom stereocenters. The number of hydrogen-bond acceptors (Lipinski definition) is 6. The molecule has 7 nitrogen and oxygen atoms in total. The predicted molar refractivity (Wildman–Crippen MR) is 77.4 cm³/mol. The fraction of sp³-hybridized carbons (Fsp3) is 0.333. The van der Waals surface area contributed by atoms with E-state index in [2.05, 4.69) is 14.7 Å². The zero-order valence-electron chi connectivity index (χ0n) is 12.9. The van der Waals surface area contributed by atoms with E-state index in [9.17, 15) is 9.59 Å². The van der Waals surface area contributed by atoms with Gasteiger partial charge in [0.15, 0.2) is 0 Å². The molecule has 0 saturated heterocycles. The summed E-state index contributed by atoms with van der Waals surface area (Å²) < 4.78 is 10.1. The summed E-state index contributed by atoms with van der Waals surface area (Å²) in [4.78, 5) is 33.3. The Balaban J connectivity index is 2.11. The first kappa shape index (κ1) is 15.7. The number of aromatic nitrogens is 2. The van der Waals surface area contributed by atoms with Gasteiger partial charge in [-0.2, -0.15) is 0 Å². The van der Waals surface area contributed by atoms with Gasteiger partial charge < -0.3 is 14.1 Å². The van der Waals surface area contributed by atoms with Crippen molar-refractivity contribution < 1.29 is 18.7 Å². The van der Waals surface area contributed by atoms with E-state index in [1.54, 1.807) is 27.0 Å². The minimum atomic E-state index is -0.467. The minimum absolute atomic E-state index is 0.215. The van der Waals surface area contributed by atoms with E-state index in [0.717, 1.165) is 5.69 Å². The van der Waals surface area contributed by atoms with Crippen LogP contribution in [-0.4, -0.2) is 40.9 Å². The summed E-state index contributed by atoms with van der Waals surface area (Å²) in [5.74, 6) is 0.207. The number of aryl methyl sites for hydroxylation is 2. The van der Waals surface area contributed by atoms with E-state index >= 15 is 0 Å². The molecule has 2 heterocycles. The van der Waals surface area contributed by atoms with E-state index in [1.807, 2.05) is 0 Å². The molecule has 7 heteroatoms. The lowest BCUT2D eigenvalue weighted by Crippen LogP contribution is -2.27. The second-order valence-electron chi connectivity index (χ2n) is 4.88. The van der Waals surface area contributed by atoms with E-state index in [4.69, 9.17) is 4.42 Å². The minimum Gasteiger partial charge on any atom is -0.465 e. The van der Waals surface area contributed by atoms with Crippen LogP contribution in [0.5, 0.6) is 0 Å². The van der Waals surface area contributed by atoms with Gasteiger partial charge in [-0.05, 0) is 19.9 Å². The molecule has 22 heavy (non-hydrogen) atoms. The molecule has 0 aliphatic heterocycles. The summed E-state index contributed by atoms with van der Waals surface area (Å²) in [6.07, 6.45) is 2.97. The first-order valence-corrected chi connectivity index (χ1v) is 6.64. The van der Waals surface area contributed by atoms with Crippen LogP contribution in [0.1, 0.15) is 38.1 Å². The van der Waals surface area contributed by atoms with Crippen molar-refractivity contribution in [2.75, 3.05) is 14.2 Å². The van der Waals surface area contributed by atoms with Crippen LogP contribution in [-0.2, 0) is 11.3 Å². The third-order valence-electron chi connectivity index (χ3n) is 3.11. The molecule has 116 valence electrons. The van der Waals surface area contributed by atoms with Gasteiger partial charge in [0.2, 0.25) is 0 Å². The SMILES string of the molecule is COC(=O)c1cc(CN(C)C(=O)c2cnc(C)cn2)oc1C. The third kappa shape index (κ3) is 3.30. The Kier molecular flexibility index (Phi) is 4.55. The smallest absolute Gasteiger partial charge is 0.341 e. The van der Waals surface area contributed by atoms with Gasteiger partial charge in [0.05, 0.1) is 25.5 Å². The highest BCUT2D eigenvalue weighted by Crippen LogP contribution is 2.17. The Morgan fingerprint density at radius 2 is 2.00 bits per heavy atom. The van der Waals surface area contributed by atoms with Gasteiger partial charge in [0, 0.05) is 13.2 Å². The predicted octanol–water partition coefficient (Wildman–Crippen LogP) is 1.75. The molecule has 0 radical (unpaired) electrons. The van der Waals surface area contributed by atoms with Crippen molar-refractivity contribution in [3.05, 3.63) is 46.9 Å². The van der Waals surface area contributed by atoms with Crippen molar-refractivity contribution in [2.24, 2.45) is 0 Å². The fourth-order valence-corrected chi connectivity index (χ4v) is 1.94. The number of carbonyl (C=O) groups excluding carboxylic acids is 2. The lowest BCUT2D eigenvalue weighted by molar-refractivity contribution is 0.0598. The summed E-state index contributed by atoms with van der Waals surface area (Å²) in [6, 6.07) is 1.58. The molecule has 0 bridgehead atoms. The van der Waals surface area contributed by atoms with Gasteiger partial charge >= 0.3 is 5.97 Å². The number of rotatable bonds is 4. The van der Waals surface area contributed by atoms with E-state index in [0.29, 0.717) is 17.1 Å². The second kappa shape index (κ2) is 6.38. The lowest BCUT2D eigenvalue weighted by Gasteiger charge is -2.14. The van der Waals surface area contributed by atoms with E-state index in [-0.39, 0.29) is 18.1 Å². The number of hydrogen-bond donors (Lipinski definition) is 0. The van der Waals surface area contributed by atoms with Crippen molar-refractivity contribution in [3.63, 3.8) is 0 Å². The molecule has 2 aromatic heterocycles. The molecule has 0 aromatic carbocycles. The average Bonchev–Trinajstić information content (AvgIpc) is 2.87. The Hall–Kier alpha value is -2.70. The van der Waals surface area contributed by atoms with Gasteiger partial charge in [-0.1, -0.05) is 0 Å². The average molecular weight is 303 g/mol. The lowest BCUT2D eigenvalue weighted by atomic mass is 10.2. The monoisotopic (exact) mass is 303 g/mol. The molecule has 2 aromatic rings. The molecule has 0 unspecified atom stereocenters. The van der Waals surface area contributed by atoms with Crippen LogP contribution in [0.4, 0.5) is 0 Å². The summed E-state index contributed by atoms with van der Waals surface area (Å²) in [6.45, 7) is 3.68. The summed E-state index contributed by atoms with van der Waals surface area (Å²) >= 11 is 0. The molecule has 0 saturated carbocycles. The van der Waals surface area contributed by atoms with Gasteiger partial charge in [0.1, 0.15) is 22.8 Å². The Bertz CT molecular complexity index is 691. The number of nitrogens with zero attached hydrogens (tertiary/aromatic N) is 3. The summed E-state index contributed by atoms with van der Waals surface area (Å²) in [5.41, 5.74) is 1.35. The van der Waals surface area contributed by atoms with Gasteiger partial charge in [-0.15, -0.1) is 0 Å². The number of ether oxygens (including phenoxy) is 1. The first-order chi connectivity index (χ1) is 10.4. The number of carbonyl (C=O) groups is 2. The molecule has 1 amide bonds. The highest BCUT2D eigenvalue weighted by molar-refractivity contribution is 5.92. The Morgan fingerprint density at radius 1 is 1.27 bits per heavy atom. The highest BCUT2D eigenvalue weighted by atomic mass is 16.5. The van der Waals surface area contributed by atoms with E-state index < -0.39 is 5.97 Å². The van der Waals surface area contributed by atoms with Crippen LogP contribution in [0.25, 0.3) is 0 Å². The maximum atomic E-state index is 12.2. The molecule has 2 rings (SSSR count). The van der Waals surface area contributed by atoms with Gasteiger partial charge in [0.25, 0.3) is 5.91 Å². The van der Waals surface area contributed by atoms with Crippen LogP contribution in [0, 0.1) is 13.8 Å². The molecule has 0 fully saturated rings. The Labute approximate surface area is 127 Å². The fourth-order valence-electron chi connectivity index (χ4n) is 1.94. The van der Waals surface area contributed by atoms with Crippen molar-refractivity contribution >= 4 is 11.9 Å². The second-order valence-corrected chi connectivity index (χ2v) is 4.88. The maximum Gasteiger partial charge on any atom is 0.341 e. The Morgan fingerprint density at radius 3 is 2.59 bits per heavy atom. The zero-order valence-corrected chi connectivity index (χ0v) is 12.9. The largest absolute Gasteiger partial charge is 0.465 e. The molecular formula is C15H17N3O4. The van der Waals surface area contributed by atoms with Crippen LogP contribution in [0.2, 0.25) is 0 Å². The standard InChI is InChI=1S/C15H17N3O4/c1-9-6-17-13(7-16-9)14(19)18(3)8-11-5-12(10(2)22-11)15(20)21-4/h5-7H,8H2,1-4H3. The summed E-state index contributed by atoms with van der Waals surface area (Å²) in [5, 5.41) is 0. The first-order valence-electron chi connectivity index (χ1n) is 6.64. The van der Waals surface area contributed by atoms with Gasteiger partial charge in [-0.25, -0.2) is 9.78 Å². The number of amides is 1. The molecule has 0 N–H and O–H groups in total. The van der Waals surface area contributed by atoms with Crippen molar-refractivity contribution in [3.8, 4) is 0 Å². The number of furan rings is 1. The third-order valence-corrected chi connectivity index (χ3v) is 3.11. The van der Waals surface area contributed by atoms with Crippen LogP contribution in [0.3, 0.4) is 0 Å². The van der Waals surface area contributed by atoms with Crippen molar-refractivity contribution in [2.45, 2.75) is 20.4 Å². The topological polar surface area (TPSA) is 85.5 Å². The molecule has 0 aliphatic carbocycles. The van der Waals surface area contributed by atoms with Crippen molar-refractivity contribution in [1.29, 1.82) is 0 Å². The maximum absolute atomic E-state index is 12.2. The van der Waals surface area contributed by atoms with Crippen LogP contribution < -0.4 is 0 Å². The quantitative estimate of drug-likeness (QED) is 0.800. The molecular weight excluding hydrogens is 286 g/mol. The molecule has 0 aliphatic rings. The highest BCUT2D eigenvalue weighted by Gasteiger charge is 2.19. The van der Waals surface area contributed by atoms with Gasteiger partial charge in [-0.3, -0.25) is 9.78 Å². The van der Waals surface area contributed by atoms with Crippen molar-refractivity contribution in [1.82, 2.24) is 14.9 Å². The van der Waals surface area contributed by atoms with Crippen LogP contribution in [0.15, 0.2) is 22.9 Å². The number of methoxy groups -OCH3 is 1. The van der Waals surface area contributed by atoms with Crippen LogP contribution >= 0.6 is 0 Å². The summed E-state index contributed by atoms with van der Waals surface area (Å²) in [7, 11) is 2.93. The van der Waals surface area contributed by atoms with E-state index in [1.165, 1.54) is 24.4 Å². The number of esters is 1. The normalized spacial score (nSPS) is 10.4.